The van der Waals surface area contributed by atoms with Crippen molar-refractivity contribution in [2.45, 2.75) is 10.6 Å². The van der Waals surface area contributed by atoms with E-state index in [0.29, 0.717) is 0 Å². The van der Waals surface area contributed by atoms with Gasteiger partial charge in [0.25, 0.3) is 0 Å². The lowest BCUT2D eigenvalue weighted by atomic mass is 10.2. The molecule has 2 nitrogen and oxygen atoms in total. The first-order chi connectivity index (χ1) is 9.00. The van der Waals surface area contributed by atoms with Crippen molar-refractivity contribution in [2.24, 2.45) is 0 Å². The minimum absolute atomic E-state index is 0.0256. The summed E-state index contributed by atoms with van der Waals surface area (Å²) in [6, 6.07) is 8.48. The Bertz CT molecular complexity index is 628. The minimum atomic E-state index is -1.64. The Labute approximate surface area is 116 Å². The third-order valence-electron chi connectivity index (χ3n) is 2.54. The third kappa shape index (κ3) is 2.93. The second-order valence-electron chi connectivity index (χ2n) is 3.86. The molecule has 6 heteroatoms. The molecule has 2 rings (SSSR count). The van der Waals surface area contributed by atoms with Crippen molar-refractivity contribution < 1.29 is 13.0 Å². The Morgan fingerprint density at radius 2 is 1.84 bits per heavy atom. The Morgan fingerprint density at radius 1 is 1.16 bits per heavy atom. The molecule has 0 aliphatic heterocycles. The highest BCUT2D eigenvalue weighted by molar-refractivity contribution is 7.84. The van der Waals surface area contributed by atoms with Gasteiger partial charge in [-0.3, -0.25) is 4.21 Å². The van der Waals surface area contributed by atoms with Crippen LogP contribution in [-0.4, -0.2) is 4.21 Å². The summed E-state index contributed by atoms with van der Waals surface area (Å²) in [4.78, 5) is 0.243. The molecule has 0 spiro atoms. The smallest absolute Gasteiger partial charge is 0.162 e. The first kappa shape index (κ1) is 14.0. The van der Waals surface area contributed by atoms with E-state index in [-0.39, 0.29) is 26.9 Å². The van der Waals surface area contributed by atoms with Gasteiger partial charge in [0.15, 0.2) is 11.6 Å². The van der Waals surface area contributed by atoms with Crippen molar-refractivity contribution in [1.29, 1.82) is 0 Å². The van der Waals surface area contributed by atoms with Crippen LogP contribution in [0, 0.1) is 11.6 Å². The van der Waals surface area contributed by atoms with E-state index in [2.05, 4.69) is 0 Å². The lowest BCUT2D eigenvalue weighted by Gasteiger charge is -2.08. The van der Waals surface area contributed by atoms with E-state index < -0.39 is 22.4 Å². The first-order valence-electron chi connectivity index (χ1n) is 5.36. The van der Waals surface area contributed by atoms with Crippen molar-refractivity contribution in [3.63, 3.8) is 0 Å². The van der Waals surface area contributed by atoms with Crippen LogP contribution in [0.15, 0.2) is 41.3 Å². The topological polar surface area (TPSA) is 43.1 Å². The molecule has 0 bridgehead atoms. The van der Waals surface area contributed by atoms with Gasteiger partial charge in [-0.1, -0.05) is 29.8 Å². The zero-order valence-electron chi connectivity index (χ0n) is 9.70. The van der Waals surface area contributed by atoms with Gasteiger partial charge in [0.1, 0.15) is 0 Å². The molecule has 1 atom stereocenters. The summed E-state index contributed by atoms with van der Waals surface area (Å²) >= 11 is 5.92. The number of benzene rings is 2. The molecular formula is C13H10ClF2NOS. The van der Waals surface area contributed by atoms with Crippen molar-refractivity contribution in [3.8, 4) is 0 Å². The van der Waals surface area contributed by atoms with Crippen molar-refractivity contribution in [3.05, 3.63) is 58.6 Å². The summed E-state index contributed by atoms with van der Waals surface area (Å²) in [5.41, 5.74) is 5.99. The highest BCUT2D eigenvalue weighted by Gasteiger charge is 2.16. The molecule has 0 heterocycles. The molecule has 100 valence electrons. The number of nitrogen functional groups attached to an aromatic ring is 1. The van der Waals surface area contributed by atoms with Gasteiger partial charge in [0.2, 0.25) is 0 Å². The number of halogens is 3. The molecule has 0 aliphatic carbocycles. The molecular weight excluding hydrogens is 292 g/mol. The van der Waals surface area contributed by atoms with Gasteiger partial charge < -0.3 is 5.73 Å². The van der Waals surface area contributed by atoms with Gasteiger partial charge in [-0.15, -0.1) is 0 Å². The van der Waals surface area contributed by atoms with Gasteiger partial charge >= 0.3 is 0 Å². The predicted octanol–water partition coefficient (Wildman–Crippen LogP) is 3.51. The monoisotopic (exact) mass is 301 g/mol. The zero-order valence-corrected chi connectivity index (χ0v) is 11.3. The fourth-order valence-electron chi connectivity index (χ4n) is 1.64. The maximum atomic E-state index is 13.5. The average Bonchev–Trinajstić information content (AvgIpc) is 2.35. The van der Waals surface area contributed by atoms with E-state index in [9.17, 15) is 13.0 Å². The molecule has 0 fully saturated rings. The maximum absolute atomic E-state index is 13.5. The third-order valence-corrected chi connectivity index (χ3v) is 4.45. The van der Waals surface area contributed by atoms with Crippen LogP contribution in [-0.2, 0) is 16.6 Å². The van der Waals surface area contributed by atoms with Crippen molar-refractivity contribution in [1.82, 2.24) is 0 Å². The Hall–Kier alpha value is -1.46. The Morgan fingerprint density at radius 3 is 2.53 bits per heavy atom. The van der Waals surface area contributed by atoms with E-state index in [1.54, 1.807) is 18.2 Å². The number of hydrogen-bond donors (Lipinski definition) is 1. The minimum Gasteiger partial charge on any atom is -0.398 e. The molecule has 0 aliphatic rings. The van der Waals surface area contributed by atoms with Crippen LogP contribution < -0.4 is 5.73 Å². The standard InChI is InChI=1S/C13H10ClF2NOS/c14-9-4-2-6-11(17)13(9)19(18)7-8-3-1-5-10(15)12(8)16/h1-6H,7,17H2. The Kier molecular flexibility index (Phi) is 4.17. The molecule has 19 heavy (non-hydrogen) atoms. The van der Waals surface area contributed by atoms with Crippen molar-refractivity contribution >= 4 is 28.1 Å². The highest BCUT2D eigenvalue weighted by Crippen LogP contribution is 2.28. The molecule has 2 aromatic carbocycles. The number of nitrogens with two attached hydrogens (primary N) is 1. The van der Waals surface area contributed by atoms with Gasteiger partial charge in [-0.2, -0.15) is 0 Å². The fourth-order valence-corrected chi connectivity index (χ4v) is 3.35. The van der Waals surface area contributed by atoms with E-state index in [1.165, 1.54) is 12.1 Å². The van der Waals surface area contributed by atoms with Gasteiger partial charge in [-0.05, 0) is 18.2 Å². The fraction of sp³-hybridized carbons (Fsp3) is 0.0769. The van der Waals surface area contributed by atoms with Crippen LogP contribution in [0.5, 0.6) is 0 Å². The van der Waals surface area contributed by atoms with Gasteiger partial charge in [-0.25, -0.2) is 8.78 Å². The summed E-state index contributed by atoms with van der Waals surface area (Å²) in [6.45, 7) is 0. The SMILES string of the molecule is Nc1cccc(Cl)c1S(=O)Cc1cccc(F)c1F. The normalized spacial score (nSPS) is 12.4. The van der Waals surface area contributed by atoms with Crippen LogP contribution in [0.2, 0.25) is 5.02 Å². The molecule has 0 aromatic heterocycles. The second-order valence-corrected chi connectivity index (χ2v) is 5.66. The quantitative estimate of drug-likeness (QED) is 0.882. The number of rotatable bonds is 3. The maximum Gasteiger partial charge on any atom is 0.162 e. The lowest BCUT2D eigenvalue weighted by Crippen LogP contribution is -2.04. The molecule has 0 saturated heterocycles. The van der Waals surface area contributed by atoms with E-state index in [4.69, 9.17) is 17.3 Å². The average molecular weight is 302 g/mol. The number of hydrogen-bond acceptors (Lipinski definition) is 2. The van der Waals surface area contributed by atoms with E-state index >= 15 is 0 Å². The van der Waals surface area contributed by atoms with Crippen LogP contribution in [0.3, 0.4) is 0 Å². The predicted molar refractivity (Wildman–Crippen MR) is 72.3 cm³/mol. The molecule has 2 aromatic rings. The molecule has 2 N–H and O–H groups in total. The lowest BCUT2D eigenvalue weighted by molar-refractivity contribution is 0.502. The summed E-state index contributed by atoms with van der Waals surface area (Å²) in [5, 5.41) is 0.246. The second kappa shape index (κ2) is 5.67. The van der Waals surface area contributed by atoms with E-state index in [0.717, 1.165) is 6.07 Å². The largest absolute Gasteiger partial charge is 0.398 e. The summed E-state index contributed by atoms with van der Waals surface area (Å²) in [7, 11) is -1.64. The van der Waals surface area contributed by atoms with Crippen LogP contribution >= 0.6 is 11.6 Å². The summed E-state index contributed by atoms with van der Waals surface area (Å²) < 4.78 is 38.7. The van der Waals surface area contributed by atoms with E-state index in [1.807, 2.05) is 0 Å². The summed E-state index contributed by atoms with van der Waals surface area (Å²) in [6.07, 6.45) is 0. The van der Waals surface area contributed by atoms with Crippen LogP contribution in [0.1, 0.15) is 5.56 Å². The molecule has 1 unspecified atom stereocenters. The Balaban J connectivity index is 2.34. The first-order valence-corrected chi connectivity index (χ1v) is 7.05. The molecule has 0 saturated carbocycles. The molecule has 0 amide bonds. The van der Waals surface area contributed by atoms with Crippen LogP contribution in [0.25, 0.3) is 0 Å². The van der Waals surface area contributed by atoms with Gasteiger partial charge in [0.05, 0.1) is 26.5 Å². The van der Waals surface area contributed by atoms with Crippen LogP contribution in [0.4, 0.5) is 14.5 Å². The van der Waals surface area contributed by atoms with Crippen molar-refractivity contribution in [2.75, 3.05) is 5.73 Å². The number of anilines is 1. The van der Waals surface area contributed by atoms with Gasteiger partial charge in [0, 0.05) is 11.3 Å². The molecule has 0 radical (unpaired) electrons. The zero-order chi connectivity index (χ0) is 14.0. The summed E-state index contributed by atoms with van der Waals surface area (Å²) in [5.74, 6) is -2.15. The highest BCUT2D eigenvalue weighted by atomic mass is 35.5.